The Balaban J connectivity index is 2.17. The molecule has 1 spiro atoms. The summed E-state index contributed by atoms with van der Waals surface area (Å²) in [6, 6.07) is 5.67. The van der Waals surface area contributed by atoms with Crippen molar-refractivity contribution in [2.24, 2.45) is 0 Å². The third-order valence-corrected chi connectivity index (χ3v) is 3.63. The average Bonchev–Trinajstić information content (AvgIpc) is 2.92. The summed E-state index contributed by atoms with van der Waals surface area (Å²) in [6.07, 6.45) is 1.69. The summed E-state index contributed by atoms with van der Waals surface area (Å²) < 4.78 is 12.1. The van der Waals surface area contributed by atoms with E-state index < -0.39 is 5.79 Å². The molecule has 0 aromatic heterocycles. The van der Waals surface area contributed by atoms with Crippen LogP contribution in [-0.2, 0) is 20.1 Å². The maximum absolute atomic E-state index is 12.5. The number of anilines is 1. The van der Waals surface area contributed by atoms with Gasteiger partial charge in [0, 0.05) is 16.6 Å². The summed E-state index contributed by atoms with van der Waals surface area (Å²) >= 11 is 3.41. The zero-order valence-electron chi connectivity index (χ0n) is 9.69. The van der Waals surface area contributed by atoms with Crippen molar-refractivity contribution in [2.75, 3.05) is 24.7 Å². The lowest BCUT2D eigenvalue weighted by molar-refractivity contribution is -0.180. The minimum Gasteiger partial charge on any atom is -0.336 e. The van der Waals surface area contributed by atoms with Gasteiger partial charge in [-0.15, -0.1) is 6.58 Å². The molecule has 5 heteroatoms. The molecule has 0 unspecified atom stereocenters. The third-order valence-electron chi connectivity index (χ3n) is 3.14. The van der Waals surface area contributed by atoms with Crippen LogP contribution < -0.4 is 4.90 Å². The van der Waals surface area contributed by atoms with Crippen molar-refractivity contribution in [1.82, 2.24) is 0 Å². The van der Waals surface area contributed by atoms with E-state index in [0.29, 0.717) is 19.8 Å². The first-order valence-corrected chi connectivity index (χ1v) is 6.49. The molecule has 0 atom stereocenters. The first kappa shape index (κ1) is 11.9. The Labute approximate surface area is 113 Å². The van der Waals surface area contributed by atoms with Crippen molar-refractivity contribution < 1.29 is 14.3 Å². The van der Waals surface area contributed by atoms with Gasteiger partial charge in [0.2, 0.25) is 0 Å². The number of nitrogens with zero attached hydrogens (tertiary/aromatic N) is 1. The standard InChI is InChI=1S/C13H12BrNO3/c1-2-5-15-11-4-3-9(14)8-10(11)13(12(15)16)17-6-7-18-13/h2-4,8H,1,5-7H2. The predicted molar refractivity (Wildman–Crippen MR) is 70.3 cm³/mol. The Bertz CT molecular complexity index is 523. The lowest BCUT2D eigenvalue weighted by Gasteiger charge is -2.21. The highest BCUT2D eigenvalue weighted by atomic mass is 79.9. The number of halogens is 1. The second-order valence-corrected chi connectivity index (χ2v) is 5.10. The van der Waals surface area contributed by atoms with E-state index in [1.807, 2.05) is 18.2 Å². The second kappa shape index (κ2) is 4.19. The lowest BCUT2D eigenvalue weighted by Crippen LogP contribution is -2.41. The number of carbonyl (C=O) groups excluding carboxylic acids is 1. The van der Waals surface area contributed by atoms with Gasteiger partial charge in [0.1, 0.15) is 0 Å². The van der Waals surface area contributed by atoms with Crippen LogP contribution >= 0.6 is 15.9 Å². The molecule has 3 rings (SSSR count). The van der Waals surface area contributed by atoms with E-state index >= 15 is 0 Å². The number of fused-ring (bicyclic) bond motifs is 2. The lowest BCUT2D eigenvalue weighted by atomic mass is 10.1. The Morgan fingerprint density at radius 3 is 2.83 bits per heavy atom. The van der Waals surface area contributed by atoms with Crippen LogP contribution in [0.1, 0.15) is 5.56 Å². The fourth-order valence-electron chi connectivity index (χ4n) is 2.41. The van der Waals surface area contributed by atoms with Gasteiger partial charge in [-0.05, 0) is 18.2 Å². The van der Waals surface area contributed by atoms with Gasteiger partial charge in [-0.3, -0.25) is 4.79 Å². The fourth-order valence-corrected chi connectivity index (χ4v) is 2.77. The van der Waals surface area contributed by atoms with Crippen molar-refractivity contribution >= 4 is 27.5 Å². The van der Waals surface area contributed by atoms with Crippen LogP contribution in [0, 0.1) is 0 Å². The van der Waals surface area contributed by atoms with Crippen LogP contribution in [0.4, 0.5) is 5.69 Å². The number of carbonyl (C=O) groups is 1. The van der Waals surface area contributed by atoms with Crippen LogP contribution in [0.3, 0.4) is 0 Å². The van der Waals surface area contributed by atoms with Gasteiger partial charge in [0.25, 0.3) is 11.7 Å². The normalized spacial score (nSPS) is 20.5. The summed E-state index contributed by atoms with van der Waals surface area (Å²) in [4.78, 5) is 14.1. The van der Waals surface area contributed by atoms with Crippen LogP contribution in [0.25, 0.3) is 0 Å². The van der Waals surface area contributed by atoms with Crippen molar-refractivity contribution in [3.05, 3.63) is 40.9 Å². The predicted octanol–water partition coefficient (Wildman–Crippen LogP) is 2.18. The van der Waals surface area contributed by atoms with Crippen molar-refractivity contribution in [2.45, 2.75) is 5.79 Å². The quantitative estimate of drug-likeness (QED) is 0.786. The molecule has 18 heavy (non-hydrogen) atoms. The molecular weight excluding hydrogens is 298 g/mol. The largest absolute Gasteiger partial charge is 0.336 e. The summed E-state index contributed by atoms with van der Waals surface area (Å²) in [6.45, 7) is 4.99. The van der Waals surface area contributed by atoms with Gasteiger partial charge < -0.3 is 14.4 Å². The van der Waals surface area contributed by atoms with Gasteiger partial charge >= 0.3 is 0 Å². The molecule has 0 N–H and O–H groups in total. The Kier molecular flexibility index (Phi) is 2.77. The molecule has 0 radical (unpaired) electrons. The first-order chi connectivity index (χ1) is 8.69. The van der Waals surface area contributed by atoms with Crippen LogP contribution in [0.5, 0.6) is 0 Å². The van der Waals surface area contributed by atoms with Crippen LogP contribution in [-0.4, -0.2) is 25.7 Å². The minimum absolute atomic E-state index is 0.173. The van der Waals surface area contributed by atoms with Crippen molar-refractivity contribution in [1.29, 1.82) is 0 Å². The molecule has 4 nitrogen and oxygen atoms in total. The summed E-state index contributed by atoms with van der Waals surface area (Å²) in [5.41, 5.74) is 1.59. The zero-order valence-corrected chi connectivity index (χ0v) is 11.3. The van der Waals surface area contributed by atoms with Crippen LogP contribution in [0.15, 0.2) is 35.3 Å². The number of ether oxygens (including phenoxy) is 2. The highest BCUT2D eigenvalue weighted by Gasteiger charge is 2.55. The van der Waals surface area contributed by atoms with E-state index in [1.165, 1.54) is 0 Å². The molecule has 2 aliphatic rings. The van der Waals surface area contributed by atoms with Crippen molar-refractivity contribution in [3.63, 3.8) is 0 Å². The van der Waals surface area contributed by atoms with E-state index in [9.17, 15) is 4.79 Å². The number of hydrogen-bond acceptors (Lipinski definition) is 3. The number of benzene rings is 1. The number of rotatable bonds is 2. The Morgan fingerprint density at radius 1 is 1.44 bits per heavy atom. The summed E-state index contributed by atoms with van der Waals surface area (Å²) in [5.74, 6) is -1.42. The first-order valence-electron chi connectivity index (χ1n) is 5.70. The molecule has 0 bridgehead atoms. The Hall–Kier alpha value is -1.17. The SMILES string of the molecule is C=CCN1C(=O)C2(OCCO2)c2cc(Br)ccc21. The van der Waals surface area contributed by atoms with Crippen LogP contribution in [0.2, 0.25) is 0 Å². The maximum Gasteiger partial charge on any atom is 0.292 e. The molecule has 1 amide bonds. The molecule has 2 heterocycles. The topological polar surface area (TPSA) is 38.8 Å². The molecular formula is C13H12BrNO3. The van der Waals surface area contributed by atoms with E-state index in [4.69, 9.17) is 9.47 Å². The molecule has 1 aromatic carbocycles. The molecule has 1 fully saturated rings. The molecule has 1 aromatic rings. The summed E-state index contributed by atoms with van der Waals surface area (Å²) in [5, 5.41) is 0. The van der Waals surface area contributed by atoms with E-state index in [1.54, 1.807) is 11.0 Å². The fraction of sp³-hybridized carbons (Fsp3) is 0.308. The van der Waals surface area contributed by atoms with Crippen molar-refractivity contribution in [3.8, 4) is 0 Å². The molecule has 0 aliphatic carbocycles. The molecule has 94 valence electrons. The highest BCUT2D eigenvalue weighted by molar-refractivity contribution is 9.10. The van der Waals surface area contributed by atoms with Gasteiger partial charge in [0.05, 0.1) is 18.9 Å². The molecule has 1 saturated heterocycles. The van der Waals surface area contributed by atoms with Gasteiger partial charge in [0.15, 0.2) is 0 Å². The monoisotopic (exact) mass is 309 g/mol. The van der Waals surface area contributed by atoms with Gasteiger partial charge in [-0.1, -0.05) is 22.0 Å². The third kappa shape index (κ3) is 1.48. The van der Waals surface area contributed by atoms with Gasteiger partial charge in [-0.25, -0.2) is 0 Å². The average molecular weight is 310 g/mol. The second-order valence-electron chi connectivity index (χ2n) is 4.18. The van der Waals surface area contributed by atoms with E-state index in [-0.39, 0.29) is 5.91 Å². The molecule has 2 aliphatic heterocycles. The Morgan fingerprint density at radius 2 is 2.17 bits per heavy atom. The number of amides is 1. The highest BCUT2D eigenvalue weighted by Crippen LogP contribution is 2.46. The van der Waals surface area contributed by atoms with E-state index in [2.05, 4.69) is 22.5 Å². The maximum atomic E-state index is 12.5. The van der Waals surface area contributed by atoms with E-state index in [0.717, 1.165) is 15.7 Å². The zero-order chi connectivity index (χ0) is 12.8. The smallest absolute Gasteiger partial charge is 0.292 e. The number of hydrogen-bond donors (Lipinski definition) is 0. The minimum atomic E-state index is -1.25. The van der Waals surface area contributed by atoms with Gasteiger partial charge in [-0.2, -0.15) is 0 Å². The summed E-state index contributed by atoms with van der Waals surface area (Å²) in [7, 11) is 0. The molecule has 0 saturated carbocycles.